The van der Waals surface area contributed by atoms with Gasteiger partial charge in [-0.1, -0.05) is 32.3 Å². The van der Waals surface area contributed by atoms with Gasteiger partial charge in [0.1, 0.15) is 0 Å². The second kappa shape index (κ2) is 22.7. The number of hydrogen-bond donors (Lipinski definition) is 2. The van der Waals surface area contributed by atoms with Gasteiger partial charge in [-0.25, -0.2) is 9.59 Å². The number of esters is 1. The van der Waals surface area contributed by atoms with E-state index in [1.807, 2.05) is 43.3 Å². The number of carbonyl (C=O) groups excluding carboxylic acids is 1. The Morgan fingerprint density at radius 3 is 1.40 bits per heavy atom. The Kier molecular flexibility index (Phi) is 19.6. The standard InChI is InChI=1S/C16H23NO2.C14H19NO2.ClHN12.ClH/c1-4-19-15(18)13-5-7-14(8-6-13)17-11-9-16(2,3)10-12-17;1-14(2)7-9-15(10-8-14)12-5-3-11(4-6-12)13(16)17;1-3-5-7-9-11-13-12-10-8-6-4-2;/h5-8H,4,9-12H2,1-3H3;3-6H,7-10H2,1-2H3,(H,16,17);2H;1H/b;;4-2?,5-3?,8-6+,9-7+,12-10+,13-11+;. The summed E-state index contributed by atoms with van der Waals surface area (Å²) >= 11 is 4.73. The molecule has 0 radical (unpaired) electrons. The van der Waals surface area contributed by atoms with E-state index in [-0.39, 0.29) is 18.4 Å². The third kappa shape index (κ3) is 16.5. The van der Waals surface area contributed by atoms with Crippen molar-refractivity contribution in [3.63, 3.8) is 0 Å². The highest BCUT2D eigenvalue weighted by molar-refractivity contribution is 6.13. The predicted octanol–water partition coefficient (Wildman–Crippen LogP) is 9.93. The number of anilines is 2. The van der Waals surface area contributed by atoms with E-state index in [1.165, 1.54) is 31.4 Å². The molecule has 2 aromatic carbocycles. The van der Waals surface area contributed by atoms with Gasteiger partial charge in [0.25, 0.3) is 0 Å². The molecule has 0 amide bonds. The molecule has 2 N–H and O–H groups in total. The number of carboxylic acids is 1. The lowest BCUT2D eigenvalue weighted by molar-refractivity contribution is 0.0525. The van der Waals surface area contributed by atoms with Crippen molar-refractivity contribution in [2.24, 2.45) is 67.7 Å². The van der Waals surface area contributed by atoms with Crippen LogP contribution < -0.4 is 9.80 Å². The summed E-state index contributed by atoms with van der Waals surface area (Å²) in [6, 6.07) is 14.9. The number of nitrogens with one attached hydrogen (secondary N) is 1. The fourth-order valence-electron chi connectivity index (χ4n) is 4.74. The lowest BCUT2D eigenvalue weighted by Crippen LogP contribution is -2.37. The Morgan fingerprint density at radius 1 is 0.700 bits per heavy atom. The van der Waals surface area contributed by atoms with Crippen LogP contribution in [0.25, 0.3) is 0 Å². The van der Waals surface area contributed by atoms with E-state index >= 15 is 0 Å². The van der Waals surface area contributed by atoms with Gasteiger partial charge < -0.3 is 19.6 Å². The number of rotatable bonds is 10. The van der Waals surface area contributed by atoms with E-state index in [4.69, 9.17) is 27.2 Å². The molecule has 2 aliphatic rings. The van der Waals surface area contributed by atoms with E-state index in [0.717, 1.165) is 31.9 Å². The topological polar surface area (TPSA) is 230 Å². The summed E-state index contributed by atoms with van der Waals surface area (Å²) in [7, 11) is 0. The molecule has 0 saturated carbocycles. The third-order valence-electron chi connectivity index (χ3n) is 7.86. The van der Waals surface area contributed by atoms with E-state index in [1.54, 1.807) is 12.1 Å². The number of halogens is 2. The largest absolute Gasteiger partial charge is 0.478 e. The molecule has 2 aromatic rings. The average Bonchev–Trinajstić information content (AvgIpc) is 3.08. The zero-order valence-corrected chi connectivity index (χ0v) is 30.3. The molecule has 4 rings (SSSR count). The number of ether oxygens (including phenoxy) is 1. The number of carbonyl (C=O) groups is 2. The van der Waals surface area contributed by atoms with Crippen LogP contribution in [-0.2, 0) is 4.74 Å². The van der Waals surface area contributed by atoms with Gasteiger partial charge in [0.15, 0.2) is 0 Å². The normalized spacial score (nSPS) is 16.8. The van der Waals surface area contributed by atoms with Gasteiger partial charge in [-0.05, 0) is 144 Å². The second-order valence-electron chi connectivity index (χ2n) is 12.4. The van der Waals surface area contributed by atoms with E-state index < -0.39 is 5.97 Å². The molecule has 0 unspecified atom stereocenters. The molecule has 0 aromatic heterocycles. The van der Waals surface area contributed by atoms with Gasteiger partial charge >= 0.3 is 11.9 Å². The van der Waals surface area contributed by atoms with Crippen molar-refractivity contribution in [1.29, 1.82) is 5.53 Å². The Bertz CT molecular complexity index is 1460. The van der Waals surface area contributed by atoms with E-state index in [0.29, 0.717) is 28.6 Å². The SMILES string of the molecule is CC1(C)CCN(c2ccc(C(=O)O)cc2)CC1.CCOC(=O)c1ccc(N2CCC(C)(C)CC2)cc1.Cl.N=N/N=N/N=N/N=N/N=N/N=NCl. The van der Waals surface area contributed by atoms with Crippen LogP contribution >= 0.6 is 24.2 Å². The lowest BCUT2D eigenvalue weighted by atomic mass is 9.82. The van der Waals surface area contributed by atoms with Crippen molar-refractivity contribution in [2.45, 2.75) is 60.3 Å². The van der Waals surface area contributed by atoms with Crippen molar-refractivity contribution >= 4 is 47.5 Å². The van der Waals surface area contributed by atoms with Crippen molar-refractivity contribution < 1.29 is 19.4 Å². The molecule has 2 heterocycles. The first kappa shape index (κ1) is 43.2. The number of carboxylic acid groups (broad SMARTS) is 1. The molecular formula is C30H44Cl2N14O4. The molecule has 2 aliphatic heterocycles. The maximum absolute atomic E-state index is 11.6. The maximum atomic E-state index is 11.6. The molecular weight excluding hydrogens is 691 g/mol. The predicted molar refractivity (Wildman–Crippen MR) is 189 cm³/mol. The minimum Gasteiger partial charge on any atom is -0.478 e. The molecule has 0 aliphatic carbocycles. The summed E-state index contributed by atoms with van der Waals surface area (Å²) in [6.07, 6.45) is 4.81. The van der Waals surface area contributed by atoms with Crippen LogP contribution in [0.15, 0.2) is 105 Å². The fraction of sp³-hybridized carbons (Fsp3) is 0.533. The molecule has 2 saturated heterocycles. The fourth-order valence-corrected chi connectivity index (χ4v) is 4.77. The van der Waals surface area contributed by atoms with Crippen LogP contribution in [0.4, 0.5) is 11.4 Å². The maximum Gasteiger partial charge on any atom is 0.338 e. The molecule has 272 valence electrons. The molecule has 0 atom stereocenters. The van der Waals surface area contributed by atoms with Gasteiger partial charge in [0.2, 0.25) is 0 Å². The van der Waals surface area contributed by atoms with Gasteiger partial charge in [0, 0.05) is 37.6 Å². The van der Waals surface area contributed by atoms with Crippen molar-refractivity contribution in [1.82, 2.24) is 0 Å². The summed E-state index contributed by atoms with van der Waals surface area (Å²) < 4.78 is 7.70. The van der Waals surface area contributed by atoms with Gasteiger partial charge in [-0.15, -0.1) is 12.4 Å². The number of aromatic carboxylic acids is 1. The Morgan fingerprint density at radius 2 is 1.06 bits per heavy atom. The molecule has 0 bridgehead atoms. The van der Waals surface area contributed by atoms with Crippen molar-refractivity contribution in [3.05, 3.63) is 59.7 Å². The van der Waals surface area contributed by atoms with Crippen LogP contribution in [0.5, 0.6) is 0 Å². The Hall–Kier alpha value is -4.84. The summed E-state index contributed by atoms with van der Waals surface area (Å²) in [4.78, 5) is 27.1. The summed E-state index contributed by atoms with van der Waals surface area (Å²) in [5.41, 5.74) is 10.3. The van der Waals surface area contributed by atoms with E-state index in [2.05, 4.69) is 94.4 Å². The number of nitrogens with zero attached hydrogens (tertiary/aromatic N) is 13. The Balaban J connectivity index is 0.000000379. The smallest absolute Gasteiger partial charge is 0.338 e. The highest BCUT2D eigenvalue weighted by Gasteiger charge is 2.26. The monoisotopic (exact) mass is 734 g/mol. The first-order valence-corrected chi connectivity index (χ1v) is 15.8. The zero-order chi connectivity index (χ0) is 36.1. The first-order valence-electron chi connectivity index (χ1n) is 15.5. The van der Waals surface area contributed by atoms with Crippen molar-refractivity contribution in [2.75, 3.05) is 42.6 Å². The summed E-state index contributed by atoms with van der Waals surface area (Å²) in [5.74, 6) is -1.11. The highest BCUT2D eigenvalue weighted by atomic mass is 35.5. The van der Waals surface area contributed by atoms with E-state index in [9.17, 15) is 9.59 Å². The first-order chi connectivity index (χ1) is 23.4. The molecule has 0 spiro atoms. The van der Waals surface area contributed by atoms with Gasteiger partial charge in [-0.3, -0.25) is 0 Å². The van der Waals surface area contributed by atoms with Crippen LogP contribution in [0.3, 0.4) is 0 Å². The average molecular weight is 736 g/mol. The lowest BCUT2D eigenvalue weighted by Gasteiger charge is -2.38. The minimum absolute atomic E-state index is 0. The zero-order valence-electron chi connectivity index (χ0n) is 28.8. The van der Waals surface area contributed by atoms with Crippen molar-refractivity contribution in [3.8, 4) is 0 Å². The highest BCUT2D eigenvalue weighted by Crippen LogP contribution is 2.33. The van der Waals surface area contributed by atoms with Crippen LogP contribution in [0, 0.1) is 16.4 Å². The Labute approximate surface area is 302 Å². The molecule has 2 fully saturated rings. The van der Waals surface area contributed by atoms with Gasteiger partial charge in [0.05, 0.1) is 29.5 Å². The third-order valence-corrected chi connectivity index (χ3v) is 7.92. The second-order valence-corrected chi connectivity index (χ2v) is 12.6. The quantitative estimate of drug-likeness (QED) is 0.137. The van der Waals surface area contributed by atoms with Crippen LogP contribution in [0.1, 0.15) is 81.0 Å². The summed E-state index contributed by atoms with van der Waals surface area (Å²) in [5, 5.41) is 37.4. The van der Waals surface area contributed by atoms with Crippen LogP contribution in [0.2, 0.25) is 0 Å². The van der Waals surface area contributed by atoms with Gasteiger partial charge in [-0.2, -0.15) is 5.53 Å². The molecule has 18 nitrogen and oxygen atoms in total. The minimum atomic E-state index is -0.865. The molecule has 20 heteroatoms. The summed E-state index contributed by atoms with van der Waals surface area (Å²) in [6.45, 7) is 15.8. The number of benzene rings is 2. The molecule has 50 heavy (non-hydrogen) atoms. The number of hydrogen-bond acceptors (Lipinski definition) is 7. The number of piperidine rings is 2. The van der Waals surface area contributed by atoms with Crippen LogP contribution in [-0.4, -0.2) is 49.8 Å².